The SMILES string of the molecule is CC(C)NCc1cc(S(=O)(=O)N(C)Cc2ccoc2)cs1. The first-order chi connectivity index (χ1) is 9.89. The zero-order valence-corrected chi connectivity index (χ0v) is 14.0. The highest BCUT2D eigenvalue weighted by Crippen LogP contribution is 2.23. The lowest BCUT2D eigenvalue weighted by atomic mass is 10.3. The zero-order chi connectivity index (χ0) is 15.5. The fourth-order valence-corrected chi connectivity index (χ4v) is 4.17. The van der Waals surface area contributed by atoms with E-state index >= 15 is 0 Å². The Labute approximate surface area is 129 Å². The lowest BCUT2D eigenvalue weighted by Gasteiger charge is -2.15. The molecular formula is C14H20N2O3S2. The number of furan rings is 1. The van der Waals surface area contributed by atoms with Gasteiger partial charge in [0, 0.05) is 42.0 Å². The normalized spacial score (nSPS) is 12.4. The van der Waals surface area contributed by atoms with Crippen LogP contribution in [-0.2, 0) is 23.1 Å². The summed E-state index contributed by atoms with van der Waals surface area (Å²) in [7, 11) is -1.88. The van der Waals surface area contributed by atoms with Crippen LogP contribution in [-0.4, -0.2) is 25.8 Å². The van der Waals surface area contributed by atoms with Crippen molar-refractivity contribution in [2.45, 2.75) is 37.9 Å². The molecule has 0 aliphatic carbocycles. The van der Waals surface area contributed by atoms with Gasteiger partial charge in [-0.1, -0.05) is 13.8 Å². The van der Waals surface area contributed by atoms with Gasteiger partial charge < -0.3 is 9.73 Å². The number of nitrogens with one attached hydrogen (secondary N) is 1. The second kappa shape index (κ2) is 6.74. The van der Waals surface area contributed by atoms with Crippen LogP contribution in [0.25, 0.3) is 0 Å². The van der Waals surface area contributed by atoms with E-state index in [0.717, 1.165) is 10.4 Å². The van der Waals surface area contributed by atoms with E-state index in [0.29, 0.717) is 24.0 Å². The standard InChI is InChI=1S/C14H20N2O3S2/c1-11(2)15-7-13-6-14(10-20-13)21(17,18)16(3)8-12-4-5-19-9-12/h4-6,9-11,15H,7-8H2,1-3H3. The molecule has 0 bridgehead atoms. The Morgan fingerprint density at radius 1 is 1.43 bits per heavy atom. The summed E-state index contributed by atoms with van der Waals surface area (Å²) in [6.45, 7) is 5.10. The van der Waals surface area contributed by atoms with Gasteiger partial charge in [-0.05, 0) is 12.1 Å². The molecule has 0 amide bonds. The van der Waals surface area contributed by atoms with E-state index in [1.165, 1.54) is 21.9 Å². The second-order valence-electron chi connectivity index (χ2n) is 5.18. The molecule has 0 atom stereocenters. The summed E-state index contributed by atoms with van der Waals surface area (Å²) in [6, 6.07) is 3.87. The van der Waals surface area contributed by atoms with E-state index in [-0.39, 0.29) is 0 Å². The van der Waals surface area contributed by atoms with Crippen molar-refractivity contribution in [1.82, 2.24) is 9.62 Å². The van der Waals surface area contributed by atoms with Gasteiger partial charge in [0.2, 0.25) is 10.0 Å². The molecule has 5 nitrogen and oxygen atoms in total. The number of sulfonamides is 1. The number of nitrogens with zero attached hydrogens (tertiary/aromatic N) is 1. The van der Waals surface area contributed by atoms with Gasteiger partial charge >= 0.3 is 0 Å². The van der Waals surface area contributed by atoms with Crippen LogP contribution in [0.4, 0.5) is 0 Å². The summed E-state index contributed by atoms with van der Waals surface area (Å²) in [4.78, 5) is 1.36. The topological polar surface area (TPSA) is 62.6 Å². The predicted octanol–water partition coefficient (Wildman–Crippen LogP) is 2.66. The minimum Gasteiger partial charge on any atom is -0.472 e. The molecule has 21 heavy (non-hydrogen) atoms. The minimum absolute atomic E-state index is 0.300. The highest BCUT2D eigenvalue weighted by atomic mass is 32.2. The first-order valence-electron chi connectivity index (χ1n) is 6.68. The molecular weight excluding hydrogens is 308 g/mol. The molecule has 2 rings (SSSR count). The first kappa shape index (κ1) is 16.2. The Balaban J connectivity index is 2.08. The summed E-state index contributed by atoms with van der Waals surface area (Å²) in [5.74, 6) is 0. The largest absolute Gasteiger partial charge is 0.472 e. The zero-order valence-electron chi connectivity index (χ0n) is 12.4. The molecule has 0 fully saturated rings. The van der Waals surface area contributed by atoms with Crippen LogP contribution < -0.4 is 5.32 Å². The van der Waals surface area contributed by atoms with E-state index in [2.05, 4.69) is 19.2 Å². The van der Waals surface area contributed by atoms with Gasteiger partial charge in [-0.3, -0.25) is 0 Å². The predicted molar refractivity (Wildman–Crippen MR) is 83.7 cm³/mol. The lowest BCUT2D eigenvalue weighted by molar-refractivity contribution is 0.463. The van der Waals surface area contributed by atoms with Crippen LogP contribution in [0.1, 0.15) is 24.3 Å². The molecule has 0 spiro atoms. The average molecular weight is 328 g/mol. The monoisotopic (exact) mass is 328 g/mol. The van der Waals surface area contributed by atoms with Crippen LogP contribution in [0, 0.1) is 0 Å². The Bertz CT molecular complexity index is 660. The van der Waals surface area contributed by atoms with Crippen molar-refractivity contribution in [2.24, 2.45) is 0 Å². The van der Waals surface area contributed by atoms with Gasteiger partial charge in [0.15, 0.2) is 0 Å². The molecule has 0 unspecified atom stereocenters. The van der Waals surface area contributed by atoms with Crippen molar-refractivity contribution in [3.8, 4) is 0 Å². The number of thiophene rings is 1. The van der Waals surface area contributed by atoms with Crippen molar-refractivity contribution < 1.29 is 12.8 Å². The summed E-state index contributed by atoms with van der Waals surface area (Å²) in [5, 5.41) is 4.97. The molecule has 7 heteroatoms. The molecule has 0 aromatic carbocycles. The van der Waals surface area contributed by atoms with Crippen LogP contribution in [0.15, 0.2) is 39.4 Å². The maximum Gasteiger partial charge on any atom is 0.243 e. The van der Waals surface area contributed by atoms with Crippen molar-refractivity contribution >= 4 is 21.4 Å². The third kappa shape index (κ3) is 4.16. The molecule has 0 saturated carbocycles. The second-order valence-corrected chi connectivity index (χ2v) is 8.22. The molecule has 2 heterocycles. The third-order valence-corrected chi connectivity index (χ3v) is 5.87. The number of hydrogen-bond donors (Lipinski definition) is 1. The van der Waals surface area contributed by atoms with Gasteiger partial charge in [-0.25, -0.2) is 8.42 Å². The molecule has 2 aromatic rings. The van der Waals surface area contributed by atoms with E-state index in [1.54, 1.807) is 30.8 Å². The van der Waals surface area contributed by atoms with Crippen molar-refractivity contribution in [1.29, 1.82) is 0 Å². The molecule has 0 saturated heterocycles. The first-order valence-corrected chi connectivity index (χ1v) is 9.00. The number of hydrogen-bond acceptors (Lipinski definition) is 5. The third-order valence-electron chi connectivity index (χ3n) is 3.01. The average Bonchev–Trinajstić information content (AvgIpc) is 3.07. The van der Waals surface area contributed by atoms with Gasteiger partial charge in [0.1, 0.15) is 0 Å². The van der Waals surface area contributed by atoms with Crippen LogP contribution >= 0.6 is 11.3 Å². The summed E-state index contributed by atoms with van der Waals surface area (Å²) in [5.41, 5.74) is 0.831. The van der Waals surface area contributed by atoms with Crippen molar-refractivity contribution in [3.05, 3.63) is 40.5 Å². The summed E-state index contributed by atoms with van der Waals surface area (Å²) >= 11 is 1.46. The van der Waals surface area contributed by atoms with E-state index in [1.807, 2.05) is 0 Å². The van der Waals surface area contributed by atoms with Gasteiger partial charge in [-0.15, -0.1) is 11.3 Å². The molecule has 2 aromatic heterocycles. The Morgan fingerprint density at radius 3 is 2.81 bits per heavy atom. The molecule has 0 aliphatic heterocycles. The quantitative estimate of drug-likeness (QED) is 0.849. The minimum atomic E-state index is -3.46. The Morgan fingerprint density at radius 2 is 2.19 bits per heavy atom. The Hall–Kier alpha value is -1.15. The molecule has 0 aliphatic rings. The summed E-state index contributed by atoms with van der Waals surface area (Å²) in [6.07, 6.45) is 3.09. The summed E-state index contributed by atoms with van der Waals surface area (Å²) < 4.78 is 31.3. The van der Waals surface area contributed by atoms with Crippen molar-refractivity contribution in [3.63, 3.8) is 0 Å². The van der Waals surface area contributed by atoms with Gasteiger partial charge in [-0.2, -0.15) is 4.31 Å². The number of rotatable bonds is 7. The highest BCUT2D eigenvalue weighted by Gasteiger charge is 2.22. The van der Waals surface area contributed by atoms with Gasteiger partial charge in [0.05, 0.1) is 17.4 Å². The maximum atomic E-state index is 12.5. The van der Waals surface area contributed by atoms with E-state index < -0.39 is 10.0 Å². The maximum absolute atomic E-state index is 12.5. The molecule has 116 valence electrons. The van der Waals surface area contributed by atoms with Crippen LogP contribution in [0.5, 0.6) is 0 Å². The van der Waals surface area contributed by atoms with E-state index in [4.69, 9.17) is 4.42 Å². The van der Waals surface area contributed by atoms with Crippen LogP contribution in [0.2, 0.25) is 0 Å². The van der Waals surface area contributed by atoms with Crippen LogP contribution in [0.3, 0.4) is 0 Å². The van der Waals surface area contributed by atoms with Crippen molar-refractivity contribution in [2.75, 3.05) is 7.05 Å². The highest BCUT2D eigenvalue weighted by molar-refractivity contribution is 7.89. The molecule has 0 radical (unpaired) electrons. The lowest BCUT2D eigenvalue weighted by Crippen LogP contribution is -2.26. The smallest absolute Gasteiger partial charge is 0.243 e. The fourth-order valence-electron chi connectivity index (χ4n) is 1.80. The fraction of sp³-hybridized carbons (Fsp3) is 0.429. The van der Waals surface area contributed by atoms with E-state index in [9.17, 15) is 8.42 Å². The van der Waals surface area contributed by atoms with Gasteiger partial charge in [0.25, 0.3) is 0 Å². The molecule has 1 N–H and O–H groups in total. The Kier molecular flexibility index (Phi) is 5.21.